The Bertz CT molecular complexity index is 1270. The van der Waals surface area contributed by atoms with Crippen LogP contribution in [0, 0.1) is 23.7 Å². The number of amides is 1. The third-order valence-corrected chi connectivity index (χ3v) is 10.2. The summed E-state index contributed by atoms with van der Waals surface area (Å²) in [5.74, 6) is 0.421. The molecule has 0 spiro atoms. The topological polar surface area (TPSA) is 112 Å². The molecule has 1 aliphatic heterocycles. The van der Waals surface area contributed by atoms with E-state index < -0.39 is 24.7 Å². The fourth-order valence-corrected chi connectivity index (χ4v) is 7.84. The van der Waals surface area contributed by atoms with Crippen molar-refractivity contribution in [1.29, 1.82) is 0 Å². The number of benzene rings is 1. The van der Waals surface area contributed by atoms with Gasteiger partial charge >= 0.3 is 5.97 Å². The first-order valence-corrected chi connectivity index (χ1v) is 16.8. The maximum Gasteiger partial charge on any atom is 0.374 e. The number of nitrogens with zero attached hydrogens (tertiary/aromatic N) is 1. The van der Waals surface area contributed by atoms with Crippen LogP contribution in [0.3, 0.4) is 0 Å². The van der Waals surface area contributed by atoms with Crippen LogP contribution in [0.25, 0.3) is 11.0 Å². The van der Waals surface area contributed by atoms with Gasteiger partial charge in [0.25, 0.3) is 0 Å². The number of hydrogen-bond donors (Lipinski definition) is 1. The van der Waals surface area contributed by atoms with Gasteiger partial charge in [-0.25, -0.2) is 9.18 Å². The number of ketones is 1. The molecule has 1 amide bonds. The molecule has 2 N–H and O–H groups in total. The predicted octanol–water partition coefficient (Wildman–Crippen LogP) is 6.03. The number of rotatable bonds is 13. The van der Waals surface area contributed by atoms with Crippen molar-refractivity contribution in [3.63, 3.8) is 0 Å². The highest BCUT2D eigenvalue weighted by atomic mass is 19.1. The van der Waals surface area contributed by atoms with Gasteiger partial charge in [0.1, 0.15) is 12.3 Å². The summed E-state index contributed by atoms with van der Waals surface area (Å²) in [5.41, 5.74) is 7.36. The number of furan rings is 1. The van der Waals surface area contributed by atoms with Crippen molar-refractivity contribution in [2.24, 2.45) is 29.4 Å². The van der Waals surface area contributed by atoms with Crippen molar-refractivity contribution in [3.8, 4) is 0 Å². The molecule has 44 heavy (non-hydrogen) atoms. The fourth-order valence-electron chi connectivity index (χ4n) is 7.84. The Balaban J connectivity index is 1.27. The number of carbonyl (C=O) groups is 3. The Morgan fingerprint density at radius 2 is 1.80 bits per heavy atom. The van der Waals surface area contributed by atoms with Gasteiger partial charge < -0.3 is 24.5 Å². The van der Waals surface area contributed by atoms with Crippen LogP contribution in [0.4, 0.5) is 4.39 Å². The molecule has 3 fully saturated rings. The van der Waals surface area contributed by atoms with E-state index in [2.05, 4.69) is 0 Å². The monoisotopic (exact) mass is 612 g/mol. The maximum atomic E-state index is 14.1. The first kappa shape index (κ1) is 32.6. The Kier molecular flexibility index (Phi) is 11.5. The van der Waals surface area contributed by atoms with E-state index in [1.165, 1.54) is 19.3 Å². The molecular weight excluding hydrogens is 563 g/mol. The van der Waals surface area contributed by atoms with Crippen LogP contribution in [0.2, 0.25) is 0 Å². The van der Waals surface area contributed by atoms with Gasteiger partial charge in [0.05, 0.1) is 12.6 Å². The standard InChI is InChI=1S/C35H49FN2O6/c1-2-42-17-6-18-43-35(41)32-21-27-19-23(9-14-31(27)44-32)20-30(39)33-28(24-7-4-3-5-8-24)15-16-38(33)34(40)26-12-10-25(11-13-26)29(37)22-36/h9,14,19,21,24-26,28-29,33H,2-8,10-13,15-18,20,22,37H2,1H3/t25?,26?,28-,29+,33-/m0/s1. The highest BCUT2D eigenvalue weighted by molar-refractivity contribution is 5.94. The van der Waals surface area contributed by atoms with E-state index in [0.29, 0.717) is 50.5 Å². The average molecular weight is 613 g/mol. The van der Waals surface area contributed by atoms with Crippen molar-refractivity contribution in [2.45, 2.75) is 96.1 Å². The van der Waals surface area contributed by atoms with Crippen molar-refractivity contribution >= 4 is 28.6 Å². The number of hydrogen-bond acceptors (Lipinski definition) is 7. The number of carbonyl (C=O) groups excluding carboxylic acids is 3. The molecule has 2 saturated carbocycles. The zero-order valence-corrected chi connectivity index (χ0v) is 26.1. The van der Waals surface area contributed by atoms with Gasteiger partial charge in [0.15, 0.2) is 5.78 Å². The molecule has 1 saturated heterocycles. The van der Waals surface area contributed by atoms with Gasteiger partial charge in [-0.05, 0) is 80.5 Å². The second-order valence-electron chi connectivity index (χ2n) is 13.1. The summed E-state index contributed by atoms with van der Waals surface area (Å²) in [6.07, 6.45) is 10.5. The third kappa shape index (κ3) is 7.71. The van der Waals surface area contributed by atoms with Crippen LogP contribution in [0.5, 0.6) is 0 Å². The lowest BCUT2D eigenvalue weighted by Gasteiger charge is -2.37. The first-order chi connectivity index (χ1) is 21.4. The molecule has 0 radical (unpaired) electrons. The normalized spacial score (nSPS) is 25.3. The Labute approximate surface area is 260 Å². The van der Waals surface area contributed by atoms with Crippen LogP contribution in [0.1, 0.15) is 93.7 Å². The smallest absolute Gasteiger partial charge is 0.374 e. The van der Waals surface area contributed by atoms with E-state index in [0.717, 1.165) is 43.1 Å². The molecule has 242 valence electrons. The lowest BCUT2D eigenvalue weighted by molar-refractivity contribution is -0.143. The van der Waals surface area contributed by atoms with Crippen molar-refractivity contribution in [1.82, 2.24) is 4.90 Å². The zero-order valence-electron chi connectivity index (χ0n) is 26.1. The fraction of sp³-hybridized carbons (Fsp3) is 0.686. The van der Waals surface area contributed by atoms with Crippen LogP contribution in [-0.2, 0) is 25.5 Å². The van der Waals surface area contributed by atoms with E-state index in [1.807, 2.05) is 24.0 Å². The lowest BCUT2D eigenvalue weighted by atomic mass is 9.75. The summed E-state index contributed by atoms with van der Waals surface area (Å²) in [6, 6.07) is 6.35. The highest BCUT2D eigenvalue weighted by Crippen LogP contribution is 2.41. The lowest BCUT2D eigenvalue weighted by Crippen LogP contribution is -2.48. The van der Waals surface area contributed by atoms with Crippen LogP contribution in [-0.4, -0.2) is 67.7 Å². The van der Waals surface area contributed by atoms with Gasteiger partial charge in [-0.3, -0.25) is 9.59 Å². The van der Waals surface area contributed by atoms with E-state index >= 15 is 0 Å². The SMILES string of the molecule is CCOCCCOC(=O)c1cc2cc(CC(=O)[C@@H]3[C@H](C4CCCCC4)CCN3C(=O)C3CCC([C@H](N)CF)CC3)ccc2o1. The predicted molar refractivity (Wildman–Crippen MR) is 166 cm³/mol. The molecule has 0 bridgehead atoms. The molecule has 3 atom stereocenters. The maximum absolute atomic E-state index is 14.1. The number of Topliss-reactive ketones (excluding diaryl/α,β-unsaturated/α-hetero) is 1. The van der Waals surface area contributed by atoms with Gasteiger partial charge in [-0.2, -0.15) is 0 Å². The molecule has 0 unspecified atom stereocenters. The molecule has 3 aliphatic rings. The number of esters is 1. The quantitative estimate of drug-likeness (QED) is 0.217. The van der Waals surface area contributed by atoms with Gasteiger partial charge in [0.2, 0.25) is 11.7 Å². The second kappa shape index (κ2) is 15.5. The molecule has 8 nitrogen and oxygen atoms in total. The van der Waals surface area contributed by atoms with Crippen molar-refractivity contribution < 1.29 is 32.7 Å². The number of likely N-dealkylation sites (tertiary alicyclic amines) is 1. The Morgan fingerprint density at radius 3 is 2.52 bits per heavy atom. The average Bonchev–Trinajstić information content (AvgIpc) is 3.69. The highest BCUT2D eigenvalue weighted by Gasteiger charge is 2.46. The molecule has 2 aromatic rings. The summed E-state index contributed by atoms with van der Waals surface area (Å²) >= 11 is 0. The zero-order chi connectivity index (χ0) is 31.1. The molecule has 1 aromatic carbocycles. The minimum Gasteiger partial charge on any atom is -0.460 e. The molecular formula is C35H49FN2O6. The number of nitrogens with two attached hydrogens (primary N) is 1. The Hall–Kier alpha value is -2.78. The minimum absolute atomic E-state index is 0.0799. The molecule has 1 aromatic heterocycles. The molecule has 2 aliphatic carbocycles. The summed E-state index contributed by atoms with van der Waals surface area (Å²) in [5, 5.41) is 0.739. The van der Waals surface area contributed by atoms with Crippen LogP contribution < -0.4 is 5.73 Å². The first-order valence-electron chi connectivity index (χ1n) is 16.8. The summed E-state index contributed by atoms with van der Waals surface area (Å²) in [7, 11) is 0. The minimum atomic E-state index is -0.528. The van der Waals surface area contributed by atoms with Gasteiger partial charge in [0, 0.05) is 49.9 Å². The van der Waals surface area contributed by atoms with E-state index in [9.17, 15) is 18.8 Å². The van der Waals surface area contributed by atoms with E-state index in [-0.39, 0.29) is 48.2 Å². The van der Waals surface area contributed by atoms with E-state index in [4.69, 9.17) is 19.6 Å². The van der Waals surface area contributed by atoms with Crippen molar-refractivity contribution in [2.75, 3.05) is 33.0 Å². The number of halogens is 1. The van der Waals surface area contributed by atoms with Gasteiger partial charge in [-0.1, -0.05) is 38.2 Å². The largest absolute Gasteiger partial charge is 0.460 e. The van der Waals surface area contributed by atoms with Crippen molar-refractivity contribution in [3.05, 3.63) is 35.6 Å². The summed E-state index contributed by atoms with van der Waals surface area (Å²) < 4.78 is 29.5. The Morgan fingerprint density at radius 1 is 1.02 bits per heavy atom. The summed E-state index contributed by atoms with van der Waals surface area (Å²) in [6.45, 7) is 3.42. The molecule has 5 rings (SSSR count). The third-order valence-electron chi connectivity index (χ3n) is 10.2. The number of ether oxygens (including phenoxy) is 2. The molecule has 9 heteroatoms. The van der Waals surface area contributed by atoms with E-state index in [1.54, 1.807) is 12.1 Å². The number of alkyl halides is 1. The summed E-state index contributed by atoms with van der Waals surface area (Å²) in [4.78, 5) is 42.4. The van der Waals surface area contributed by atoms with Crippen LogP contribution >= 0.6 is 0 Å². The van der Waals surface area contributed by atoms with Gasteiger partial charge in [-0.15, -0.1) is 0 Å². The molecule has 2 heterocycles. The second-order valence-corrected chi connectivity index (χ2v) is 13.1. The van der Waals surface area contributed by atoms with Crippen LogP contribution in [0.15, 0.2) is 28.7 Å². The number of fused-ring (bicyclic) bond motifs is 1.